The summed E-state index contributed by atoms with van der Waals surface area (Å²) in [5.41, 5.74) is -0.0585. The van der Waals surface area contributed by atoms with Crippen molar-refractivity contribution in [1.29, 1.82) is 0 Å². The van der Waals surface area contributed by atoms with Gasteiger partial charge < -0.3 is 0 Å². The summed E-state index contributed by atoms with van der Waals surface area (Å²) >= 11 is 3.25. The summed E-state index contributed by atoms with van der Waals surface area (Å²) in [6, 6.07) is 11.9. The fraction of sp³-hybridized carbons (Fsp3) is 0.143. The fourth-order valence-electron chi connectivity index (χ4n) is 1.75. The number of nitrogens with zero attached hydrogens (tertiary/aromatic N) is 3. The second-order valence-corrected chi connectivity index (χ2v) is 9.49. The minimum Gasteiger partial charge on any atom is -0.258 e. The summed E-state index contributed by atoms with van der Waals surface area (Å²) in [6.07, 6.45) is 0. The number of halogens is 1. The molecule has 2 aromatic carbocycles. The molecule has 2 aromatic rings. The topological polar surface area (TPSA) is 92.9 Å². The van der Waals surface area contributed by atoms with Crippen LogP contribution in [0.2, 0.25) is 0 Å². The highest BCUT2D eigenvalue weighted by Gasteiger charge is 2.17. The minimum absolute atomic E-state index is 0.0585. The van der Waals surface area contributed by atoms with Gasteiger partial charge in [0.15, 0.2) is 0 Å². The molecule has 0 N–H and O–H groups in total. The van der Waals surface area contributed by atoms with E-state index in [1.54, 1.807) is 30.5 Å². The molecule has 0 fully saturated rings. The Kier molecular flexibility index (Phi) is 5.86. The Labute approximate surface area is 150 Å². The average molecular weight is 432 g/mol. The minimum atomic E-state index is -3.85. The number of hydrogen-bond acceptors (Lipinski definition) is 4. The van der Waals surface area contributed by atoms with Gasteiger partial charge in [-0.2, -0.15) is 8.42 Å². The summed E-state index contributed by atoms with van der Waals surface area (Å²) < 4.78 is 31.4. The first-order valence-corrected chi connectivity index (χ1v) is 9.98. The van der Waals surface area contributed by atoms with Gasteiger partial charge in [-0.1, -0.05) is 15.9 Å². The van der Waals surface area contributed by atoms with E-state index in [2.05, 4.69) is 19.7 Å². The van der Waals surface area contributed by atoms with Crippen molar-refractivity contribution in [3.8, 4) is 0 Å². The maximum Gasteiger partial charge on any atom is 0.289 e. The zero-order valence-electron chi connectivity index (χ0n) is 12.8. The van der Waals surface area contributed by atoms with Gasteiger partial charge in [0.05, 0.1) is 9.82 Å². The SMILES string of the molecule is CN(C)S(=NS(=O)(=O)c1ccc(Br)cc1)c1ccc([N+](=O)[O-])cc1. The van der Waals surface area contributed by atoms with Crippen LogP contribution in [0.4, 0.5) is 5.69 Å². The Hall–Kier alpha value is -1.62. The van der Waals surface area contributed by atoms with Crippen LogP contribution < -0.4 is 0 Å². The van der Waals surface area contributed by atoms with Crippen LogP contribution in [0.3, 0.4) is 0 Å². The van der Waals surface area contributed by atoms with E-state index in [4.69, 9.17) is 0 Å². The zero-order valence-corrected chi connectivity index (χ0v) is 16.0. The maximum absolute atomic E-state index is 12.5. The highest BCUT2D eigenvalue weighted by molar-refractivity contribution is 9.10. The van der Waals surface area contributed by atoms with Gasteiger partial charge in [-0.3, -0.25) is 10.1 Å². The predicted molar refractivity (Wildman–Crippen MR) is 96.2 cm³/mol. The van der Waals surface area contributed by atoms with Crippen LogP contribution in [0.5, 0.6) is 0 Å². The van der Waals surface area contributed by atoms with E-state index in [0.717, 1.165) is 4.47 Å². The van der Waals surface area contributed by atoms with Crippen molar-refractivity contribution in [2.24, 2.45) is 3.77 Å². The van der Waals surface area contributed by atoms with Gasteiger partial charge in [0.25, 0.3) is 15.7 Å². The molecule has 2 rings (SSSR count). The molecule has 10 heteroatoms. The van der Waals surface area contributed by atoms with Crippen molar-refractivity contribution in [3.05, 3.63) is 63.1 Å². The summed E-state index contributed by atoms with van der Waals surface area (Å²) in [5, 5.41) is 10.7. The van der Waals surface area contributed by atoms with Crippen LogP contribution in [0.25, 0.3) is 0 Å². The number of nitro groups is 1. The summed E-state index contributed by atoms with van der Waals surface area (Å²) in [6.45, 7) is 0. The molecule has 0 aliphatic rings. The predicted octanol–water partition coefficient (Wildman–Crippen LogP) is 3.38. The third kappa shape index (κ3) is 4.47. The number of rotatable bonds is 5. The van der Waals surface area contributed by atoms with Gasteiger partial charge in [-0.25, -0.2) is 4.31 Å². The molecule has 0 radical (unpaired) electrons. The molecular formula is C14H14BrN3O4S2. The number of sulfonamides is 1. The van der Waals surface area contributed by atoms with Gasteiger partial charge in [-0.05, 0) is 50.5 Å². The monoisotopic (exact) mass is 431 g/mol. The van der Waals surface area contributed by atoms with Crippen LogP contribution in [-0.4, -0.2) is 31.7 Å². The van der Waals surface area contributed by atoms with Crippen molar-refractivity contribution in [2.75, 3.05) is 14.1 Å². The Morgan fingerprint density at radius 2 is 1.62 bits per heavy atom. The summed E-state index contributed by atoms with van der Waals surface area (Å²) in [4.78, 5) is 10.9. The van der Waals surface area contributed by atoms with Crippen LogP contribution in [0, 0.1) is 10.1 Å². The zero-order chi connectivity index (χ0) is 17.9. The molecule has 0 amide bonds. The van der Waals surface area contributed by atoms with Gasteiger partial charge in [0.1, 0.15) is 0 Å². The van der Waals surface area contributed by atoms with Gasteiger partial charge >= 0.3 is 0 Å². The molecule has 24 heavy (non-hydrogen) atoms. The van der Waals surface area contributed by atoms with E-state index >= 15 is 0 Å². The van der Waals surface area contributed by atoms with E-state index in [1.165, 1.54) is 36.4 Å². The Bertz CT molecular complexity index is 879. The van der Waals surface area contributed by atoms with Crippen molar-refractivity contribution < 1.29 is 13.3 Å². The van der Waals surface area contributed by atoms with Crippen LogP contribution >= 0.6 is 15.9 Å². The third-order valence-corrected chi connectivity index (χ3v) is 7.02. The maximum atomic E-state index is 12.5. The molecule has 0 saturated carbocycles. The van der Waals surface area contributed by atoms with Crippen molar-refractivity contribution in [1.82, 2.24) is 4.31 Å². The lowest BCUT2D eigenvalue weighted by Gasteiger charge is -2.15. The second-order valence-electron chi connectivity index (χ2n) is 4.83. The Morgan fingerprint density at radius 1 is 1.08 bits per heavy atom. The molecule has 1 atom stereocenters. The lowest BCUT2D eigenvalue weighted by Crippen LogP contribution is -2.17. The number of nitro benzene ring substituents is 1. The van der Waals surface area contributed by atoms with E-state index in [0.29, 0.717) is 4.90 Å². The molecule has 0 aliphatic carbocycles. The summed E-state index contributed by atoms with van der Waals surface area (Å²) in [5.74, 6) is 0. The molecule has 0 aromatic heterocycles. The van der Waals surface area contributed by atoms with Gasteiger partial charge in [-0.15, -0.1) is 3.77 Å². The molecule has 1 unspecified atom stereocenters. The standard InChI is InChI=1S/C14H14BrN3O4S2/c1-17(2)23(13-7-5-12(6-8-13)18(19)20)16-24(21,22)14-9-3-11(15)4-10-14/h3-10H,1-2H3. The van der Waals surface area contributed by atoms with Crippen LogP contribution in [0.15, 0.2) is 66.6 Å². The first-order chi connectivity index (χ1) is 11.2. The first kappa shape index (κ1) is 18.7. The van der Waals surface area contributed by atoms with E-state index in [9.17, 15) is 18.5 Å². The van der Waals surface area contributed by atoms with Crippen molar-refractivity contribution in [3.63, 3.8) is 0 Å². The van der Waals surface area contributed by atoms with Gasteiger partial charge in [0, 0.05) is 32.4 Å². The average Bonchev–Trinajstić information content (AvgIpc) is 2.53. The molecule has 0 saturated heterocycles. The fourth-order valence-corrected chi connectivity index (χ4v) is 5.26. The molecule has 0 bridgehead atoms. The van der Waals surface area contributed by atoms with Crippen molar-refractivity contribution >= 4 is 42.5 Å². The number of benzene rings is 2. The Balaban J connectivity index is 2.48. The molecular weight excluding hydrogens is 418 g/mol. The van der Waals surface area contributed by atoms with Gasteiger partial charge in [0.2, 0.25) is 0 Å². The summed E-state index contributed by atoms with van der Waals surface area (Å²) in [7, 11) is -1.56. The molecule has 0 heterocycles. The molecule has 128 valence electrons. The smallest absolute Gasteiger partial charge is 0.258 e. The van der Waals surface area contributed by atoms with Crippen molar-refractivity contribution in [2.45, 2.75) is 9.79 Å². The highest BCUT2D eigenvalue weighted by atomic mass is 79.9. The van der Waals surface area contributed by atoms with Crippen LogP contribution in [-0.2, 0) is 20.9 Å². The normalized spacial score (nSPS) is 13.2. The first-order valence-electron chi connectivity index (χ1n) is 6.60. The van der Waals surface area contributed by atoms with E-state index in [-0.39, 0.29) is 10.6 Å². The highest BCUT2D eigenvalue weighted by Crippen LogP contribution is 2.22. The largest absolute Gasteiger partial charge is 0.289 e. The lowest BCUT2D eigenvalue weighted by molar-refractivity contribution is -0.384. The lowest BCUT2D eigenvalue weighted by atomic mass is 10.3. The van der Waals surface area contributed by atoms with E-state index < -0.39 is 25.8 Å². The quantitative estimate of drug-likeness (QED) is 0.534. The van der Waals surface area contributed by atoms with Crippen LogP contribution in [0.1, 0.15) is 0 Å². The third-order valence-electron chi connectivity index (χ3n) is 2.88. The second kappa shape index (κ2) is 7.51. The molecule has 0 aliphatic heterocycles. The Morgan fingerprint density at radius 3 is 2.08 bits per heavy atom. The van der Waals surface area contributed by atoms with E-state index in [1.807, 2.05) is 0 Å². The number of hydrogen-bond donors (Lipinski definition) is 0. The molecule has 0 spiro atoms. The number of non-ortho nitro benzene ring substituents is 1. The molecule has 7 nitrogen and oxygen atoms in total.